The van der Waals surface area contributed by atoms with Crippen molar-refractivity contribution in [1.29, 1.82) is 0 Å². The molecule has 0 amide bonds. The molecule has 0 aliphatic rings. The molecule has 64 valence electrons. The van der Waals surface area contributed by atoms with E-state index in [1.165, 1.54) is 0 Å². The molecule has 0 aliphatic carbocycles. The van der Waals surface area contributed by atoms with Crippen molar-refractivity contribution in [2.45, 2.75) is 24.3 Å². The maximum Gasteiger partial charge on any atom is 0.190 e. The fourth-order valence-electron chi connectivity index (χ4n) is 0.590. The monoisotopic (exact) mass is 193 g/mol. The third kappa shape index (κ3) is 3.12. The van der Waals surface area contributed by atoms with Crippen LogP contribution >= 0.6 is 24.2 Å². The Hall–Kier alpha value is -0.220. The normalized spacial score (nSPS) is 9.82. The van der Waals surface area contributed by atoms with E-state index in [9.17, 15) is 0 Å². The Morgan fingerprint density at radius 2 is 2.18 bits per heavy atom. The van der Waals surface area contributed by atoms with E-state index < -0.39 is 0 Å². The minimum Gasteiger partial charge on any atom is -0.312 e. The highest BCUT2D eigenvalue weighted by atomic mass is 35.5. The first kappa shape index (κ1) is 10.8. The molecular weight excluding hydrogens is 182 g/mol. The Balaban J connectivity index is 0.000001000. The van der Waals surface area contributed by atoms with Gasteiger partial charge in [-0.25, -0.2) is 0 Å². The second-order valence-corrected chi connectivity index (χ2v) is 3.93. The van der Waals surface area contributed by atoms with Gasteiger partial charge < -0.3 is 4.57 Å². The molecular formula is C6H12ClN3S. The second kappa shape index (κ2) is 4.62. The second-order valence-electron chi connectivity index (χ2n) is 2.39. The summed E-state index contributed by atoms with van der Waals surface area (Å²) in [7, 11) is 1.95. The van der Waals surface area contributed by atoms with E-state index in [2.05, 4.69) is 24.0 Å². The molecule has 0 spiro atoms. The molecule has 0 N–H and O–H groups in total. The number of aromatic nitrogens is 3. The van der Waals surface area contributed by atoms with Crippen molar-refractivity contribution in [1.82, 2.24) is 14.8 Å². The van der Waals surface area contributed by atoms with Crippen molar-refractivity contribution >= 4 is 24.2 Å². The van der Waals surface area contributed by atoms with E-state index in [0.29, 0.717) is 5.25 Å². The predicted octanol–water partition coefficient (Wildman–Crippen LogP) is 1.74. The van der Waals surface area contributed by atoms with Gasteiger partial charge in [-0.3, -0.25) is 0 Å². The van der Waals surface area contributed by atoms with E-state index in [1.807, 2.05) is 11.6 Å². The molecule has 0 saturated heterocycles. The van der Waals surface area contributed by atoms with E-state index in [0.717, 1.165) is 5.16 Å². The Bertz CT molecular complexity index is 211. The van der Waals surface area contributed by atoms with Crippen LogP contribution in [0, 0.1) is 0 Å². The van der Waals surface area contributed by atoms with Crippen LogP contribution < -0.4 is 0 Å². The Morgan fingerprint density at radius 3 is 2.55 bits per heavy atom. The third-order valence-electron chi connectivity index (χ3n) is 1.01. The van der Waals surface area contributed by atoms with Crippen LogP contribution in [0.25, 0.3) is 0 Å². The lowest BCUT2D eigenvalue weighted by atomic mass is 10.6. The van der Waals surface area contributed by atoms with Gasteiger partial charge in [0.2, 0.25) is 0 Å². The number of thioether (sulfide) groups is 1. The summed E-state index contributed by atoms with van der Waals surface area (Å²) in [6.07, 6.45) is 1.71. The summed E-state index contributed by atoms with van der Waals surface area (Å²) in [5, 5.41) is 9.25. The zero-order chi connectivity index (χ0) is 7.56. The molecule has 1 aromatic rings. The standard InChI is InChI=1S/C6H11N3S.ClH/c1-5(2)10-6-8-7-4-9(6)3;/h4-5H,1-3H3;1H. The quantitative estimate of drug-likeness (QED) is 0.671. The van der Waals surface area contributed by atoms with Gasteiger partial charge >= 0.3 is 0 Å². The van der Waals surface area contributed by atoms with Gasteiger partial charge in [0.25, 0.3) is 0 Å². The minimum atomic E-state index is 0. The van der Waals surface area contributed by atoms with Crippen LogP contribution in [0.3, 0.4) is 0 Å². The maximum atomic E-state index is 3.93. The average molecular weight is 194 g/mol. The molecule has 1 rings (SSSR count). The number of nitrogens with zero attached hydrogens (tertiary/aromatic N) is 3. The van der Waals surface area contributed by atoms with E-state index in [-0.39, 0.29) is 12.4 Å². The summed E-state index contributed by atoms with van der Waals surface area (Å²) in [6.45, 7) is 4.28. The Kier molecular flexibility index (Phi) is 4.52. The maximum absolute atomic E-state index is 3.93. The molecule has 0 aromatic carbocycles. The van der Waals surface area contributed by atoms with Gasteiger partial charge in [-0.15, -0.1) is 22.6 Å². The molecule has 0 atom stereocenters. The van der Waals surface area contributed by atoms with Crippen LogP contribution in [0.2, 0.25) is 0 Å². The van der Waals surface area contributed by atoms with E-state index in [1.54, 1.807) is 18.1 Å². The van der Waals surface area contributed by atoms with Crippen molar-refractivity contribution in [2.24, 2.45) is 7.05 Å². The fraction of sp³-hybridized carbons (Fsp3) is 0.667. The molecule has 1 heterocycles. The van der Waals surface area contributed by atoms with Crippen molar-refractivity contribution in [3.8, 4) is 0 Å². The van der Waals surface area contributed by atoms with Gasteiger partial charge in [0.05, 0.1) is 0 Å². The summed E-state index contributed by atoms with van der Waals surface area (Å²) in [5.41, 5.74) is 0. The van der Waals surface area contributed by atoms with Gasteiger partial charge in [-0.2, -0.15) is 0 Å². The van der Waals surface area contributed by atoms with Crippen LogP contribution in [0.1, 0.15) is 13.8 Å². The topological polar surface area (TPSA) is 30.7 Å². The first-order valence-corrected chi connectivity index (χ1v) is 4.09. The summed E-state index contributed by atoms with van der Waals surface area (Å²) in [4.78, 5) is 0. The summed E-state index contributed by atoms with van der Waals surface area (Å²) >= 11 is 1.72. The summed E-state index contributed by atoms with van der Waals surface area (Å²) < 4.78 is 1.92. The summed E-state index contributed by atoms with van der Waals surface area (Å²) in [6, 6.07) is 0. The fourth-order valence-corrected chi connectivity index (χ4v) is 1.32. The predicted molar refractivity (Wildman–Crippen MR) is 49.2 cm³/mol. The lowest BCUT2D eigenvalue weighted by Crippen LogP contribution is -1.93. The highest BCUT2D eigenvalue weighted by Gasteiger charge is 2.02. The first-order valence-electron chi connectivity index (χ1n) is 3.21. The van der Waals surface area contributed by atoms with Gasteiger partial charge in [-0.1, -0.05) is 25.6 Å². The first-order chi connectivity index (χ1) is 4.70. The smallest absolute Gasteiger partial charge is 0.190 e. The van der Waals surface area contributed by atoms with E-state index in [4.69, 9.17) is 0 Å². The highest BCUT2D eigenvalue weighted by Crippen LogP contribution is 2.18. The SMILES string of the molecule is CC(C)Sc1nncn1C.Cl. The highest BCUT2D eigenvalue weighted by molar-refractivity contribution is 7.99. The van der Waals surface area contributed by atoms with Crippen LogP contribution in [0.5, 0.6) is 0 Å². The van der Waals surface area contributed by atoms with Crippen LogP contribution in [-0.4, -0.2) is 20.0 Å². The lowest BCUT2D eigenvalue weighted by Gasteiger charge is -2.01. The summed E-state index contributed by atoms with van der Waals surface area (Å²) in [5.74, 6) is 0. The number of aryl methyl sites for hydroxylation is 1. The molecule has 0 unspecified atom stereocenters. The number of rotatable bonds is 2. The molecule has 0 radical (unpaired) electrons. The average Bonchev–Trinajstić information content (AvgIpc) is 2.15. The molecule has 0 saturated carbocycles. The lowest BCUT2D eigenvalue weighted by molar-refractivity contribution is 0.785. The Morgan fingerprint density at radius 1 is 1.55 bits per heavy atom. The zero-order valence-electron chi connectivity index (χ0n) is 6.81. The van der Waals surface area contributed by atoms with Crippen LogP contribution in [0.4, 0.5) is 0 Å². The number of halogens is 1. The van der Waals surface area contributed by atoms with Gasteiger partial charge in [0.15, 0.2) is 5.16 Å². The largest absolute Gasteiger partial charge is 0.312 e. The van der Waals surface area contributed by atoms with Gasteiger partial charge in [-0.05, 0) is 0 Å². The van der Waals surface area contributed by atoms with Crippen molar-refractivity contribution in [3.05, 3.63) is 6.33 Å². The molecule has 5 heteroatoms. The zero-order valence-corrected chi connectivity index (χ0v) is 8.45. The molecule has 11 heavy (non-hydrogen) atoms. The van der Waals surface area contributed by atoms with E-state index >= 15 is 0 Å². The van der Waals surface area contributed by atoms with Crippen molar-refractivity contribution in [2.75, 3.05) is 0 Å². The molecule has 0 aliphatic heterocycles. The molecule has 0 fully saturated rings. The number of hydrogen-bond donors (Lipinski definition) is 0. The molecule has 1 aromatic heterocycles. The minimum absolute atomic E-state index is 0. The van der Waals surface area contributed by atoms with Gasteiger partial charge in [0, 0.05) is 12.3 Å². The molecule has 3 nitrogen and oxygen atoms in total. The van der Waals surface area contributed by atoms with Gasteiger partial charge in [0.1, 0.15) is 6.33 Å². The van der Waals surface area contributed by atoms with Crippen molar-refractivity contribution < 1.29 is 0 Å². The van der Waals surface area contributed by atoms with Crippen molar-refractivity contribution in [3.63, 3.8) is 0 Å². The van der Waals surface area contributed by atoms with Crippen LogP contribution in [-0.2, 0) is 7.05 Å². The number of hydrogen-bond acceptors (Lipinski definition) is 3. The molecule has 0 bridgehead atoms. The Labute approximate surface area is 77.0 Å². The van der Waals surface area contributed by atoms with Crippen LogP contribution in [0.15, 0.2) is 11.5 Å². The third-order valence-corrected chi connectivity index (χ3v) is 2.06.